The predicted octanol–water partition coefficient (Wildman–Crippen LogP) is 3.47. The first-order chi connectivity index (χ1) is 11.5. The van der Waals surface area contributed by atoms with Gasteiger partial charge in [0.2, 0.25) is 0 Å². The van der Waals surface area contributed by atoms with Crippen LogP contribution < -0.4 is 5.63 Å². The topological polar surface area (TPSA) is 101 Å². The van der Waals surface area contributed by atoms with Gasteiger partial charge in [-0.1, -0.05) is 12.1 Å². The van der Waals surface area contributed by atoms with Crippen LogP contribution in [0, 0.1) is 0 Å². The molecular formula is C17H9NO5S. The number of carbonyl (C=O) groups is 1. The van der Waals surface area contributed by atoms with Crippen molar-refractivity contribution in [3.63, 3.8) is 0 Å². The van der Waals surface area contributed by atoms with Crippen molar-refractivity contribution in [2.45, 2.75) is 0 Å². The maximum Gasteiger partial charge on any atom is 0.346 e. The zero-order chi connectivity index (χ0) is 16.8. The van der Waals surface area contributed by atoms with E-state index in [1.807, 2.05) is 24.3 Å². The Balaban J connectivity index is 1.98. The number of para-hydroxylation sites is 1. The van der Waals surface area contributed by atoms with E-state index in [-0.39, 0.29) is 16.7 Å². The molecule has 2 aromatic heterocycles. The molecule has 4 aromatic rings. The maximum absolute atomic E-state index is 12.2. The SMILES string of the molecule is O=C(O)c1cc2cc(-c3nc4ccccc4s3)c(=O)oc2cc1O. The van der Waals surface area contributed by atoms with Gasteiger partial charge in [0.1, 0.15) is 21.9 Å². The summed E-state index contributed by atoms with van der Waals surface area (Å²) in [5.41, 5.74) is 0.294. The number of carboxylic acids is 1. The molecule has 0 unspecified atom stereocenters. The third-order valence-corrected chi connectivity index (χ3v) is 4.67. The van der Waals surface area contributed by atoms with E-state index in [0.717, 1.165) is 16.3 Å². The minimum atomic E-state index is -1.26. The molecule has 0 saturated carbocycles. The minimum absolute atomic E-state index is 0.118. The van der Waals surface area contributed by atoms with Gasteiger partial charge < -0.3 is 14.6 Å². The van der Waals surface area contributed by atoms with Crippen LogP contribution in [-0.2, 0) is 0 Å². The number of aromatic nitrogens is 1. The molecule has 0 bridgehead atoms. The van der Waals surface area contributed by atoms with Crippen molar-refractivity contribution in [2.75, 3.05) is 0 Å². The summed E-state index contributed by atoms with van der Waals surface area (Å²) in [6.07, 6.45) is 0. The zero-order valence-corrected chi connectivity index (χ0v) is 12.8. The average molecular weight is 339 g/mol. The molecule has 0 fully saturated rings. The van der Waals surface area contributed by atoms with Crippen LogP contribution in [0.2, 0.25) is 0 Å². The number of nitrogens with zero attached hydrogens (tertiary/aromatic N) is 1. The van der Waals surface area contributed by atoms with Crippen LogP contribution in [0.4, 0.5) is 0 Å². The molecule has 0 aliphatic rings. The van der Waals surface area contributed by atoms with Gasteiger partial charge in [0, 0.05) is 11.5 Å². The molecule has 4 rings (SSSR count). The van der Waals surface area contributed by atoms with Gasteiger partial charge in [-0.3, -0.25) is 0 Å². The van der Waals surface area contributed by atoms with Crippen LogP contribution >= 0.6 is 11.3 Å². The number of hydrogen-bond donors (Lipinski definition) is 2. The zero-order valence-electron chi connectivity index (χ0n) is 12.0. The summed E-state index contributed by atoms with van der Waals surface area (Å²) in [5.74, 6) is -1.71. The molecule has 2 aromatic carbocycles. The Labute approximate surface area is 138 Å². The average Bonchev–Trinajstić information content (AvgIpc) is 2.97. The number of aromatic carboxylic acids is 1. The third-order valence-electron chi connectivity index (χ3n) is 3.61. The second-order valence-electron chi connectivity index (χ2n) is 5.15. The molecule has 0 aliphatic carbocycles. The normalized spacial score (nSPS) is 11.2. The number of hydrogen-bond acceptors (Lipinski definition) is 6. The van der Waals surface area contributed by atoms with Crippen LogP contribution in [0.5, 0.6) is 5.75 Å². The number of thiazole rings is 1. The molecule has 0 atom stereocenters. The quantitative estimate of drug-likeness (QED) is 0.542. The molecule has 6 nitrogen and oxygen atoms in total. The second-order valence-corrected chi connectivity index (χ2v) is 6.18. The highest BCUT2D eigenvalue weighted by atomic mass is 32.1. The monoisotopic (exact) mass is 339 g/mol. The van der Waals surface area contributed by atoms with Gasteiger partial charge in [-0.2, -0.15) is 0 Å². The van der Waals surface area contributed by atoms with Gasteiger partial charge in [0.05, 0.1) is 15.8 Å². The Kier molecular flexibility index (Phi) is 3.10. The first kappa shape index (κ1) is 14.4. The molecule has 7 heteroatoms. The molecule has 0 spiro atoms. The summed E-state index contributed by atoms with van der Waals surface area (Å²) in [7, 11) is 0. The first-order valence-electron chi connectivity index (χ1n) is 6.93. The lowest BCUT2D eigenvalue weighted by Gasteiger charge is -2.03. The van der Waals surface area contributed by atoms with Gasteiger partial charge >= 0.3 is 11.6 Å². The summed E-state index contributed by atoms with van der Waals surface area (Å²) >= 11 is 1.35. The van der Waals surface area contributed by atoms with Gasteiger partial charge in [-0.05, 0) is 24.3 Å². The largest absolute Gasteiger partial charge is 0.507 e. The smallest absolute Gasteiger partial charge is 0.346 e. The third kappa shape index (κ3) is 2.22. The lowest BCUT2D eigenvalue weighted by Crippen LogP contribution is -2.03. The van der Waals surface area contributed by atoms with E-state index in [4.69, 9.17) is 9.52 Å². The number of aromatic hydroxyl groups is 1. The lowest BCUT2D eigenvalue weighted by atomic mass is 10.1. The van der Waals surface area contributed by atoms with E-state index in [9.17, 15) is 14.7 Å². The van der Waals surface area contributed by atoms with Crippen molar-refractivity contribution in [3.8, 4) is 16.3 Å². The highest BCUT2D eigenvalue weighted by Gasteiger charge is 2.16. The van der Waals surface area contributed by atoms with E-state index < -0.39 is 17.3 Å². The fourth-order valence-electron chi connectivity index (χ4n) is 2.46. The molecule has 2 N–H and O–H groups in total. The minimum Gasteiger partial charge on any atom is -0.507 e. The van der Waals surface area contributed by atoms with Crippen molar-refractivity contribution in [1.29, 1.82) is 0 Å². The van der Waals surface area contributed by atoms with E-state index >= 15 is 0 Å². The fraction of sp³-hybridized carbons (Fsp3) is 0. The second kappa shape index (κ2) is 5.17. The van der Waals surface area contributed by atoms with Crippen molar-refractivity contribution >= 4 is 38.5 Å². The Morgan fingerprint density at radius 3 is 2.71 bits per heavy atom. The first-order valence-corrected chi connectivity index (χ1v) is 7.75. The van der Waals surface area contributed by atoms with Crippen molar-refractivity contribution in [1.82, 2.24) is 4.98 Å². The highest BCUT2D eigenvalue weighted by molar-refractivity contribution is 7.21. The van der Waals surface area contributed by atoms with Gasteiger partial charge in [-0.15, -0.1) is 11.3 Å². The van der Waals surface area contributed by atoms with Crippen molar-refractivity contribution in [3.05, 3.63) is 58.4 Å². The summed E-state index contributed by atoms with van der Waals surface area (Å²) in [5, 5.41) is 19.7. The van der Waals surface area contributed by atoms with Gasteiger partial charge in [0.15, 0.2) is 0 Å². The predicted molar refractivity (Wildman–Crippen MR) is 89.7 cm³/mol. The van der Waals surface area contributed by atoms with Crippen LogP contribution in [0.3, 0.4) is 0 Å². The number of phenols is 1. The number of carboxylic acid groups (broad SMARTS) is 1. The molecule has 2 heterocycles. The standard InChI is InChI=1S/C17H9NO5S/c19-12-7-13-8(5-9(12)16(20)21)6-10(17(22)23-13)15-18-11-3-1-2-4-14(11)24-15/h1-7,19H,(H,20,21). The van der Waals surface area contributed by atoms with Crippen LogP contribution in [-0.4, -0.2) is 21.2 Å². The summed E-state index contributed by atoms with van der Waals surface area (Å²) in [6.45, 7) is 0. The summed E-state index contributed by atoms with van der Waals surface area (Å²) < 4.78 is 6.15. The molecule has 118 valence electrons. The number of benzene rings is 2. The van der Waals surface area contributed by atoms with E-state index in [2.05, 4.69) is 4.98 Å². The van der Waals surface area contributed by atoms with E-state index in [1.165, 1.54) is 23.5 Å². The van der Waals surface area contributed by atoms with Gasteiger partial charge in [-0.25, -0.2) is 14.6 Å². The molecule has 0 aliphatic heterocycles. The van der Waals surface area contributed by atoms with E-state index in [0.29, 0.717) is 10.4 Å². The Hall–Kier alpha value is -3.19. The summed E-state index contributed by atoms with van der Waals surface area (Å²) in [6, 6.07) is 11.4. The fourth-order valence-corrected chi connectivity index (χ4v) is 3.43. The maximum atomic E-state index is 12.2. The highest BCUT2D eigenvalue weighted by Crippen LogP contribution is 2.31. The van der Waals surface area contributed by atoms with E-state index in [1.54, 1.807) is 0 Å². The van der Waals surface area contributed by atoms with Crippen LogP contribution in [0.15, 0.2) is 51.7 Å². The lowest BCUT2D eigenvalue weighted by molar-refractivity contribution is 0.0694. The van der Waals surface area contributed by atoms with Crippen molar-refractivity contribution < 1.29 is 19.4 Å². The number of fused-ring (bicyclic) bond motifs is 2. The Morgan fingerprint density at radius 1 is 1.17 bits per heavy atom. The van der Waals surface area contributed by atoms with Crippen LogP contribution in [0.1, 0.15) is 10.4 Å². The summed E-state index contributed by atoms with van der Waals surface area (Å²) in [4.78, 5) is 27.8. The van der Waals surface area contributed by atoms with Crippen LogP contribution in [0.25, 0.3) is 31.8 Å². The molecular weight excluding hydrogens is 330 g/mol. The molecule has 0 amide bonds. The Morgan fingerprint density at radius 2 is 1.96 bits per heavy atom. The molecule has 24 heavy (non-hydrogen) atoms. The number of rotatable bonds is 2. The van der Waals surface area contributed by atoms with Crippen molar-refractivity contribution in [2.24, 2.45) is 0 Å². The Bertz CT molecular complexity index is 1140. The molecule has 0 radical (unpaired) electrons. The molecule has 0 saturated heterocycles. The van der Waals surface area contributed by atoms with Gasteiger partial charge in [0.25, 0.3) is 0 Å².